The summed E-state index contributed by atoms with van der Waals surface area (Å²) in [7, 11) is 0. The molecular weight excluding hydrogens is 238 g/mol. The van der Waals surface area contributed by atoms with Gasteiger partial charge >= 0.3 is 0 Å². The fraction of sp³-hybridized carbons (Fsp3) is 0.667. The number of nitrogens with one attached hydrogen (secondary N) is 1. The number of rotatable bonds is 8. The second-order valence-electron chi connectivity index (χ2n) is 3.93. The average molecular weight is 258 g/mol. The fourth-order valence-electron chi connectivity index (χ4n) is 1.54. The van der Waals surface area contributed by atoms with Crippen molar-refractivity contribution in [2.24, 2.45) is 0 Å². The molecule has 0 aliphatic rings. The van der Waals surface area contributed by atoms with E-state index in [9.17, 15) is 0 Å². The van der Waals surface area contributed by atoms with Gasteiger partial charge in [-0.15, -0.1) is 0 Å². The van der Waals surface area contributed by atoms with Crippen molar-refractivity contribution in [1.29, 1.82) is 0 Å². The van der Waals surface area contributed by atoms with Gasteiger partial charge in [0.15, 0.2) is 0 Å². The summed E-state index contributed by atoms with van der Waals surface area (Å²) in [6, 6.07) is 1.93. The normalized spacial score (nSPS) is 10.5. The highest BCUT2D eigenvalue weighted by Gasteiger charge is 2.00. The summed E-state index contributed by atoms with van der Waals surface area (Å²) in [5.41, 5.74) is 0.952. The molecule has 0 saturated heterocycles. The highest BCUT2D eigenvalue weighted by atomic mass is 35.5. The van der Waals surface area contributed by atoms with Gasteiger partial charge in [-0.1, -0.05) is 19.8 Å². The highest BCUT2D eigenvalue weighted by molar-refractivity contribution is 6.28. The number of nitrogens with zero attached hydrogens (tertiary/aromatic N) is 2. The maximum Gasteiger partial charge on any atom is 0.224 e. The van der Waals surface area contributed by atoms with Crippen molar-refractivity contribution in [2.45, 2.75) is 39.0 Å². The number of aryl methyl sites for hydroxylation is 1. The highest BCUT2D eigenvalue weighted by Crippen LogP contribution is 2.11. The SMILES string of the molecule is CCc1cc(NCCCCCCO)nc(Cl)n1. The van der Waals surface area contributed by atoms with Crippen molar-refractivity contribution in [1.82, 2.24) is 9.97 Å². The molecule has 0 unspecified atom stereocenters. The third-order valence-corrected chi connectivity index (χ3v) is 2.67. The minimum Gasteiger partial charge on any atom is -0.396 e. The molecule has 0 radical (unpaired) electrons. The minimum atomic E-state index is 0.287. The molecule has 5 heteroatoms. The van der Waals surface area contributed by atoms with Crippen molar-refractivity contribution in [3.63, 3.8) is 0 Å². The maximum absolute atomic E-state index is 8.64. The van der Waals surface area contributed by atoms with E-state index in [0.29, 0.717) is 5.28 Å². The third kappa shape index (κ3) is 5.84. The van der Waals surface area contributed by atoms with E-state index in [1.54, 1.807) is 0 Å². The summed E-state index contributed by atoms with van der Waals surface area (Å²) in [5.74, 6) is 0.795. The van der Waals surface area contributed by atoms with Gasteiger partial charge in [0, 0.05) is 24.9 Å². The number of aliphatic hydroxyl groups excluding tert-OH is 1. The smallest absolute Gasteiger partial charge is 0.224 e. The first-order valence-corrected chi connectivity index (χ1v) is 6.52. The summed E-state index contributed by atoms with van der Waals surface area (Å²) < 4.78 is 0. The van der Waals surface area contributed by atoms with Gasteiger partial charge in [-0.3, -0.25) is 0 Å². The molecule has 0 aliphatic heterocycles. The molecule has 17 heavy (non-hydrogen) atoms. The largest absolute Gasteiger partial charge is 0.396 e. The Morgan fingerprint density at radius 3 is 2.71 bits per heavy atom. The Hall–Kier alpha value is -0.870. The number of aliphatic hydroxyl groups is 1. The van der Waals surface area contributed by atoms with Crippen LogP contribution in [0.3, 0.4) is 0 Å². The quantitative estimate of drug-likeness (QED) is 0.555. The predicted octanol–water partition coefficient (Wildman–Crippen LogP) is 2.66. The van der Waals surface area contributed by atoms with Crippen LogP contribution < -0.4 is 5.32 Å². The molecule has 0 amide bonds. The van der Waals surface area contributed by atoms with Gasteiger partial charge in [-0.2, -0.15) is 0 Å². The van der Waals surface area contributed by atoms with Gasteiger partial charge in [-0.05, 0) is 30.9 Å². The predicted molar refractivity (Wildman–Crippen MR) is 70.5 cm³/mol. The first-order chi connectivity index (χ1) is 8.26. The zero-order valence-electron chi connectivity index (χ0n) is 10.2. The van der Waals surface area contributed by atoms with Gasteiger partial charge in [0.05, 0.1) is 0 Å². The van der Waals surface area contributed by atoms with Gasteiger partial charge < -0.3 is 10.4 Å². The van der Waals surface area contributed by atoms with E-state index in [1.807, 2.05) is 13.0 Å². The molecule has 0 aromatic carbocycles. The van der Waals surface area contributed by atoms with Crippen molar-refractivity contribution in [3.8, 4) is 0 Å². The van der Waals surface area contributed by atoms with Gasteiger partial charge in [0.25, 0.3) is 0 Å². The molecule has 1 aromatic rings. The van der Waals surface area contributed by atoms with Crippen molar-refractivity contribution < 1.29 is 5.11 Å². The van der Waals surface area contributed by atoms with Crippen LogP contribution in [-0.2, 0) is 6.42 Å². The molecule has 0 atom stereocenters. The van der Waals surface area contributed by atoms with Crippen LogP contribution in [0.5, 0.6) is 0 Å². The minimum absolute atomic E-state index is 0.287. The summed E-state index contributed by atoms with van der Waals surface area (Å²) >= 11 is 5.82. The first kappa shape index (κ1) is 14.2. The second kappa shape index (κ2) is 8.25. The Balaban J connectivity index is 2.28. The lowest BCUT2D eigenvalue weighted by Crippen LogP contribution is -2.05. The molecule has 1 aromatic heterocycles. The van der Waals surface area contributed by atoms with Crippen LogP contribution in [0.25, 0.3) is 0 Å². The van der Waals surface area contributed by atoms with E-state index in [0.717, 1.165) is 50.2 Å². The third-order valence-electron chi connectivity index (χ3n) is 2.51. The first-order valence-electron chi connectivity index (χ1n) is 6.14. The fourth-order valence-corrected chi connectivity index (χ4v) is 1.74. The summed E-state index contributed by atoms with van der Waals surface area (Å²) in [6.45, 7) is 3.20. The van der Waals surface area contributed by atoms with Crippen LogP contribution in [0.2, 0.25) is 5.28 Å². The van der Waals surface area contributed by atoms with E-state index >= 15 is 0 Å². The number of unbranched alkanes of at least 4 members (excludes halogenated alkanes) is 3. The topological polar surface area (TPSA) is 58.0 Å². The van der Waals surface area contributed by atoms with Crippen molar-refractivity contribution in [2.75, 3.05) is 18.5 Å². The van der Waals surface area contributed by atoms with E-state index < -0.39 is 0 Å². The second-order valence-corrected chi connectivity index (χ2v) is 4.27. The lowest BCUT2D eigenvalue weighted by atomic mass is 10.2. The number of anilines is 1. The monoisotopic (exact) mass is 257 g/mol. The van der Waals surface area contributed by atoms with Crippen molar-refractivity contribution >= 4 is 17.4 Å². The number of aromatic nitrogens is 2. The Labute approximate surface area is 107 Å². The molecule has 0 aliphatic carbocycles. The Morgan fingerprint density at radius 2 is 2.00 bits per heavy atom. The summed E-state index contributed by atoms with van der Waals surface area (Å²) in [4.78, 5) is 8.23. The molecule has 96 valence electrons. The van der Waals surface area contributed by atoms with Crippen molar-refractivity contribution in [3.05, 3.63) is 17.0 Å². The molecule has 1 rings (SSSR count). The Bertz CT molecular complexity index is 334. The summed E-state index contributed by atoms with van der Waals surface area (Å²) in [5, 5.41) is 12.2. The molecule has 0 fully saturated rings. The number of hydrogen-bond acceptors (Lipinski definition) is 4. The van der Waals surface area contributed by atoms with Crippen LogP contribution in [0.15, 0.2) is 6.07 Å². The zero-order chi connectivity index (χ0) is 12.5. The van der Waals surface area contributed by atoms with E-state index in [1.165, 1.54) is 0 Å². The van der Waals surface area contributed by atoms with E-state index in [-0.39, 0.29) is 6.61 Å². The Morgan fingerprint density at radius 1 is 1.24 bits per heavy atom. The van der Waals surface area contributed by atoms with E-state index in [4.69, 9.17) is 16.7 Å². The number of halogens is 1. The molecule has 4 nitrogen and oxygen atoms in total. The lowest BCUT2D eigenvalue weighted by molar-refractivity contribution is 0.283. The van der Waals surface area contributed by atoms with E-state index in [2.05, 4.69) is 15.3 Å². The average Bonchev–Trinajstić information content (AvgIpc) is 2.33. The molecular formula is C12H20ClN3O. The molecule has 0 saturated carbocycles. The van der Waals surface area contributed by atoms with Crippen LogP contribution in [0.4, 0.5) is 5.82 Å². The van der Waals surface area contributed by atoms with Gasteiger partial charge in [0.1, 0.15) is 5.82 Å². The molecule has 1 heterocycles. The standard InChI is InChI=1S/C12H20ClN3O/c1-2-10-9-11(16-12(13)15-10)14-7-5-3-4-6-8-17/h9,17H,2-8H2,1H3,(H,14,15,16). The van der Waals surface area contributed by atoms with Gasteiger partial charge in [0.2, 0.25) is 5.28 Å². The van der Waals surface area contributed by atoms with Crippen LogP contribution >= 0.6 is 11.6 Å². The van der Waals surface area contributed by atoms with Crippen LogP contribution in [-0.4, -0.2) is 28.2 Å². The van der Waals surface area contributed by atoms with Crippen LogP contribution in [0, 0.1) is 0 Å². The zero-order valence-corrected chi connectivity index (χ0v) is 11.0. The van der Waals surface area contributed by atoms with Crippen LogP contribution in [0.1, 0.15) is 38.3 Å². The number of hydrogen-bond donors (Lipinski definition) is 2. The van der Waals surface area contributed by atoms with Gasteiger partial charge in [-0.25, -0.2) is 9.97 Å². The lowest BCUT2D eigenvalue weighted by Gasteiger charge is -2.06. The molecule has 0 spiro atoms. The molecule has 2 N–H and O–H groups in total. The summed E-state index contributed by atoms with van der Waals surface area (Å²) in [6.07, 6.45) is 5.01. The Kier molecular flexibility index (Phi) is 6.89. The maximum atomic E-state index is 8.64. The molecule has 0 bridgehead atoms.